The van der Waals surface area contributed by atoms with Crippen molar-refractivity contribution in [1.82, 2.24) is 20.5 Å². The molecule has 9 nitrogen and oxygen atoms in total. The number of fused-ring (bicyclic) bond motifs is 1. The van der Waals surface area contributed by atoms with Gasteiger partial charge in [0.15, 0.2) is 0 Å². The molecule has 3 rings (SSSR count). The molecule has 9 heteroatoms. The minimum atomic E-state index is -1.19. The molecule has 1 aromatic carbocycles. The van der Waals surface area contributed by atoms with Gasteiger partial charge in [-0.25, -0.2) is 9.78 Å². The molecule has 0 saturated heterocycles. The van der Waals surface area contributed by atoms with Crippen LogP contribution in [0.25, 0.3) is 10.9 Å². The number of aromatic amines is 1. The summed E-state index contributed by atoms with van der Waals surface area (Å²) < 4.78 is 5.15. The Balaban J connectivity index is 1.84. The number of hydrogen-bond donors (Lipinski definition) is 5. The van der Waals surface area contributed by atoms with Crippen molar-refractivity contribution in [2.24, 2.45) is 0 Å². The van der Waals surface area contributed by atoms with E-state index in [2.05, 4.69) is 25.8 Å². The first kappa shape index (κ1) is 19.6. The quantitative estimate of drug-likeness (QED) is 0.441. The Morgan fingerprint density at radius 2 is 2.04 bits per heavy atom. The SMILES string of the molecule is COc1n[nH]c2cc(NC(=O)N[C@@H](c3ccccc3)C(C)(C)O)nc(CO)c12. The van der Waals surface area contributed by atoms with E-state index in [1.807, 2.05) is 30.3 Å². The van der Waals surface area contributed by atoms with E-state index in [1.54, 1.807) is 19.9 Å². The number of rotatable bonds is 6. The van der Waals surface area contributed by atoms with Crippen LogP contribution >= 0.6 is 0 Å². The zero-order chi connectivity index (χ0) is 20.3. The van der Waals surface area contributed by atoms with Crippen LogP contribution in [0.5, 0.6) is 5.88 Å². The smallest absolute Gasteiger partial charge is 0.320 e. The Hall–Kier alpha value is -3.17. The number of ether oxygens (including phenoxy) is 1. The highest BCUT2D eigenvalue weighted by atomic mass is 16.5. The summed E-state index contributed by atoms with van der Waals surface area (Å²) in [6, 6.07) is 9.59. The predicted molar refractivity (Wildman–Crippen MR) is 104 cm³/mol. The Kier molecular flexibility index (Phi) is 5.48. The van der Waals surface area contributed by atoms with Crippen LogP contribution in [0.15, 0.2) is 36.4 Å². The Labute approximate surface area is 161 Å². The molecule has 2 heterocycles. The number of carbonyl (C=O) groups excluding carboxylic acids is 1. The molecule has 148 valence electrons. The van der Waals surface area contributed by atoms with Crippen LogP contribution in [-0.4, -0.2) is 44.1 Å². The summed E-state index contributed by atoms with van der Waals surface area (Å²) in [4.78, 5) is 16.8. The molecular weight excluding hydrogens is 362 g/mol. The predicted octanol–water partition coefficient (Wildman–Crippen LogP) is 2.09. The van der Waals surface area contributed by atoms with Crippen LogP contribution in [0.4, 0.5) is 10.6 Å². The lowest BCUT2D eigenvalue weighted by Crippen LogP contribution is -2.44. The number of aliphatic hydroxyl groups is 2. The van der Waals surface area contributed by atoms with Gasteiger partial charge in [-0.15, -0.1) is 5.10 Å². The fourth-order valence-electron chi connectivity index (χ4n) is 3.01. The highest BCUT2D eigenvalue weighted by Gasteiger charge is 2.30. The second-order valence-corrected chi connectivity index (χ2v) is 6.86. The van der Waals surface area contributed by atoms with Gasteiger partial charge in [0.2, 0.25) is 5.88 Å². The van der Waals surface area contributed by atoms with Crippen molar-refractivity contribution in [2.75, 3.05) is 12.4 Å². The molecule has 28 heavy (non-hydrogen) atoms. The number of methoxy groups -OCH3 is 1. The molecule has 5 N–H and O–H groups in total. The van der Waals surface area contributed by atoms with Crippen molar-refractivity contribution in [3.63, 3.8) is 0 Å². The maximum absolute atomic E-state index is 12.6. The second-order valence-electron chi connectivity index (χ2n) is 6.86. The summed E-state index contributed by atoms with van der Waals surface area (Å²) in [6.45, 7) is 2.89. The van der Waals surface area contributed by atoms with Crippen molar-refractivity contribution in [3.05, 3.63) is 47.7 Å². The lowest BCUT2D eigenvalue weighted by Gasteiger charge is -2.30. The monoisotopic (exact) mass is 385 g/mol. The van der Waals surface area contributed by atoms with E-state index in [4.69, 9.17) is 4.74 Å². The van der Waals surface area contributed by atoms with Gasteiger partial charge in [-0.1, -0.05) is 30.3 Å². The molecule has 0 unspecified atom stereocenters. The number of benzene rings is 1. The third-order valence-corrected chi connectivity index (χ3v) is 4.29. The first-order valence-corrected chi connectivity index (χ1v) is 8.71. The first-order valence-electron chi connectivity index (χ1n) is 8.71. The van der Waals surface area contributed by atoms with E-state index in [-0.39, 0.29) is 12.4 Å². The van der Waals surface area contributed by atoms with E-state index >= 15 is 0 Å². The third-order valence-electron chi connectivity index (χ3n) is 4.29. The van der Waals surface area contributed by atoms with Crippen molar-refractivity contribution < 1.29 is 19.7 Å². The van der Waals surface area contributed by atoms with Gasteiger partial charge in [0.25, 0.3) is 0 Å². The fourth-order valence-corrected chi connectivity index (χ4v) is 3.01. The number of anilines is 1. The standard InChI is InChI=1S/C19H23N5O4/c1-19(2,27)16(11-7-5-4-6-8-11)22-18(26)21-14-9-12-15(13(10-25)20-14)17(28-3)24-23-12/h4-9,16,25,27H,10H2,1-3H3,(H,23,24)(H2,20,21,22,26)/t16-/m0/s1. The summed E-state index contributed by atoms with van der Waals surface area (Å²) >= 11 is 0. The van der Waals surface area contributed by atoms with Gasteiger partial charge in [-0.3, -0.25) is 10.4 Å². The van der Waals surface area contributed by atoms with Crippen LogP contribution in [0.3, 0.4) is 0 Å². The third kappa shape index (κ3) is 4.05. The van der Waals surface area contributed by atoms with Crippen molar-refractivity contribution in [2.45, 2.75) is 32.1 Å². The second kappa shape index (κ2) is 7.83. The summed E-state index contributed by atoms with van der Waals surface area (Å²) in [5, 5.41) is 32.8. The summed E-state index contributed by atoms with van der Waals surface area (Å²) in [7, 11) is 1.47. The van der Waals surface area contributed by atoms with Crippen LogP contribution in [0.1, 0.15) is 31.1 Å². The van der Waals surface area contributed by atoms with Crippen molar-refractivity contribution in [3.8, 4) is 5.88 Å². The van der Waals surface area contributed by atoms with Gasteiger partial charge in [-0.05, 0) is 19.4 Å². The van der Waals surface area contributed by atoms with Gasteiger partial charge in [0.1, 0.15) is 5.82 Å². The fraction of sp³-hybridized carbons (Fsp3) is 0.316. The van der Waals surface area contributed by atoms with Gasteiger partial charge >= 0.3 is 6.03 Å². The lowest BCUT2D eigenvalue weighted by atomic mass is 9.92. The molecule has 0 spiro atoms. The lowest BCUT2D eigenvalue weighted by molar-refractivity contribution is 0.0415. The number of urea groups is 1. The first-order chi connectivity index (χ1) is 13.3. The minimum absolute atomic E-state index is 0.225. The molecule has 2 aromatic heterocycles. The normalized spacial score (nSPS) is 12.6. The van der Waals surface area contributed by atoms with E-state index in [1.165, 1.54) is 7.11 Å². The minimum Gasteiger partial charge on any atom is -0.479 e. The number of aliphatic hydroxyl groups excluding tert-OH is 1. The molecule has 0 saturated carbocycles. The van der Waals surface area contributed by atoms with Gasteiger partial charge in [-0.2, -0.15) is 0 Å². The highest BCUT2D eigenvalue weighted by Crippen LogP contribution is 2.28. The number of carbonyl (C=O) groups is 1. The zero-order valence-electron chi connectivity index (χ0n) is 15.9. The number of hydrogen-bond acceptors (Lipinski definition) is 6. The van der Waals surface area contributed by atoms with Crippen LogP contribution < -0.4 is 15.4 Å². The van der Waals surface area contributed by atoms with Gasteiger partial charge in [0.05, 0.1) is 42.0 Å². The zero-order valence-corrected chi connectivity index (χ0v) is 15.9. The Morgan fingerprint density at radius 3 is 2.64 bits per heavy atom. The molecule has 0 aliphatic heterocycles. The summed E-state index contributed by atoms with van der Waals surface area (Å²) in [6.07, 6.45) is 0. The number of pyridine rings is 1. The summed E-state index contributed by atoms with van der Waals surface area (Å²) in [5.74, 6) is 0.539. The van der Waals surface area contributed by atoms with Crippen LogP contribution in [0, 0.1) is 0 Å². The number of amides is 2. The highest BCUT2D eigenvalue weighted by molar-refractivity contribution is 5.93. The van der Waals surface area contributed by atoms with Crippen molar-refractivity contribution in [1.29, 1.82) is 0 Å². The van der Waals surface area contributed by atoms with Crippen molar-refractivity contribution >= 4 is 22.8 Å². The average Bonchev–Trinajstić information content (AvgIpc) is 3.08. The molecule has 0 radical (unpaired) electrons. The topological polar surface area (TPSA) is 132 Å². The number of nitrogens with zero attached hydrogens (tertiary/aromatic N) is 2. The Bertz CT molecular complexity index is 966. The number of nitrogens with one attached hydrogen (secondary N) is 3. The van der Waals surface area contributed by atoms with Crippen LogP contribution in [0.2, 0.25) is 0 Å². The average molecular weight is 385 g/mol. The van der Waals surface area contributed by atoms with E-state index in [9.17, 15) is 15.0 Å². The largest absolute Gasteiger partial charge is 0.479 e. The molecule has 2 amide bonds. The van der Waals surface area contributed by atoms with E-state index in [0.29, 0.717) is 22.5 Å². The molecule has 0 aliphatic rings. The molecule has 0 fully saturated rings. The summed E-state index contributed by atoms with van der Waals surface area (Å²) in [5.41, 5.74) is 0.458. The Morgan fingerprint density at radius 1 is 1.32 bits per heavy atom. The maximum Gasteiger partial charge on any atom is 0.320 e. The maximum atomic E-state index is 12.6. The number of aromatic nitrogens is 3. The molecule has 0 aliphatic carbocycles. The van der Waals surface area contributed by atoms with Gasteiger partial charge in [0, 0.05) is 6.07 Å². The van der Waals surface area contributed by atoms with E-state index in [0.717, 1.165) is 5.56 Å². The van der Waals surface area contributed by atoms with Crippen LogP contribution in [-0.2, 0) is 6.61 Å². The molecule has 0 bridgehead atoms. The number of H-pyrrole nitrogens is 1. The molecule has 1 atom stereocenters. The molecule has 3 aromatic rings. The molecular formula is C19H23N5O4. The van der Waals surface area contributed by atoms with E-state index < -0.39 is 17.7 Å². The van der Waals surface area contributed by atoms with Gasteiger partial charge < -0.3 is 20.3 Å².